The lowest BCUT2D eigenvalue weighted by atomic mass is 9.94. The molecule has 1 aliphatic rings. The molecule has 84 valence electrons. The number of hydrogen-bond acceptors (Lipinski definition) is 1. The van der Waals surface area contributed by atoms with Crippen LogP contribution in [0.1, 0.15) is 59.3 Å². The molecule has 0 aromatic heterocycles. The van der Waals surface area contributed by atoms with Crippen LogP contribution < -0.4 is 0 Å². The zero-order valence-corrected chi connectivity index (χ0v) is 10.3. The predicted molar refractivity (Wildman–Crippen MR) is 63.6 cm³/mol. The summed E-state index contributed by atoms with van der Waals surface area (Å²) >= 11 is 0. The number of hydrogen-bond donors (Lipinski definition) is 0. The lowest BCUT2D eigenvalue weighted by Gasteiger charge is -2.34. The van der Waals surface area contributed by atoms with E-state index in [-0.39, 0.29) is 0 Å². The van der Waals surface area contributed by atoms with Crippen molar-refractivity contribution < 1.29 is 0 Å². The second-order valence-corrected chi connectivity index (χ2v) is 4.86. The molecule has 0 bridgehead atoms. The first-order valence-corrected chi connectivity index (χ1v) is 6.52. The first-order chi connectivity index (χ1) is 6.77. The third-order valence-corrected chi connectivity index (χ3v) is 3.84. The molecule has 1 atom stereocenters. The minimum absolute atomic E-state index is 0.820. The molecule has 14 heavy (non-hydrogen) atoms. The van der Waals surface area contributed by atoms with E-state index in [1.54, 1.807) is 0 Å². The fourth-order valence-corrected chi connectivity index (χ4v) is 2.61. The Hall–Kier alpha value is -0.0400. The first kappa shape index (κ1) is 12.0. The van der Waals surface area contributed by atoms with Gasteiger partial charge in [0.15, 0.2) is 0 Å². The van der Waals surface area contributed by atoms with Gasteiger partial charge in [0.05, 0.1) is 0 Å². The summed E-state index contributed by atoms with van der Waals surface area (Å²) in [6, 6.07) is 0.820. The van der Waals surface area contributed by atoms with Crippen molar-refractivity contribution in [1.82, 2.24) is 4.90 Å². The molecule has 0 amide bonds. The molecule has 1 heterocycles. The van der Waals surface area contributed by atoms with Gasteiger partial charge in [-0.25, -0.2) is 0 Å². The Bertz CT molecular complexity index is 134. The van der Waals surface area contributed by atoms with Gasteiger partial charge < -0.3 is 4.90 Å². The lowest BCUT2D eigenvalue weighted by molar-refractivity contribution is 0.149. The van der Waals surface area contributed by atoms with E-state index in [1.807, 2.05) is 0 Å². The Morgan fingerprint density at radius 1 is 1.00 bits per heavy atom. The number of likely N-dealkylation sites (tertiary alicyclic amines) is 1. The van der Waals surface area contributed by atoms with Crippen molar-refractivity contribution >= 4 is 0 Å². The Kier molecular flexibility index (Phi) is 5.54. The van der Waals surface area contributed by atoms with Gasteiger partial charge in [-0.1, -0.05) is 33.1 Å². The summed E-state index contributed by atoms with van der Waals surface area (Å²) in [5.74, 6) is 0.951. The fourth-order valence-electron chi connectivity index (χ4n) is 2.61. The Morgan fingerprint density at radius 2 is 1.57 bits per heavy atom. The maximum absolute atomic E-state index is 2.70. The van der Waals surface area contributed by atoms with Crippen molar-refractivity contribution in [3.05, 3.63) is 0 Å². The van der Waals surface area contributed by atoms with Crippen molar-refractivity contribution in [2.75, 3.05) is 13.1 Å². The largest absolute Gasteiger partial charge is 0.301 e. The second-order valence-electron chi connectivity index (χ2n) is 4.86. The summed E-state index contributed by atoms with van der Waals surface area (Å²) in [7, 11) is 0. The topological polar surface area (TPSA) is 3.24 Å². The molecule has 0 radical (unpaired) electrons. The van der Waals surface area contributed by atoms with Crippen molar-refractivity contribution in [3.63, 3.8) is 0 Å². The maximum Gasteiger partial charge on any atom is 0.00695 e. The SMILES string of the molecule is CCC(CC)CC(C)N1CCCCC1. The summed E-state index contributed by atoms with van der Waals surface area (Å²) in [6.45, 7) is 9.78. The van der Waals surface area contributed by atoms with Crippen LogP contribution in [-0.4, -0.2) is 24.0 Å². The van der Waals surface area contributed by atoms with E-state index in [9.17, 15) is 0 Å². The van der Waals surface area contributed by atoms with E-state index in [1.165, 1.54) is 51.6 Å². The predicted octanol–water partition coefficient (Wildman–Crippen LogP) is 3.69. The molecular weight excluding hydrogens is 170 g/mol. The van der Waals surface area contributed by atoms with Crippen LogP contribution in [0.5, 0.6) is 0 Å². The van der Waals surface area contributed by atoms with Crippen LogP contribution >= 0.6 is 0 Å². The first-order valence-electron chi connectivity index (χ1n) is 6.52. The summed E-state index contributed by atoms with van der Waals surface area (Å²) in [5.41, 5.74) is 0. The summed E-state index contributed by atoms with van der Waals surface area (Å²) in [4.78, 5) is 2.70. The number of rotatable bonds is 5. The summed E-state index contributed by atoms with van der Waals surface area (Å²) in [6.07, 6.45) is 8.42. The van der Waals surface area contributed by atoms with E-state index in [0.29, 0.717) is 0 Å². The molecule has 1 unspecified atom stereocenters. The highest BCUT2D eigenvalue weighted by atomic mass is 15.1. The highest BCUT2D eigenvalue weighted by Gasteiger charge is 2.18. The van der Waals surface area contributed by atoms with Gasteiger partial charge in [0, 0.05) is 6.04 Å². The average molecular weight is 197 g/mol. The zero-order chi connectivity index (χ0) is 10.4. The minimum atomic E-state index is 0.820. The molecule has 1 saturated heterocycles. The molecule has 0 saturated carbocycles. The van der Waals surface area contributed by atoms with Crippen molar-refractivity contribution in [1.29, 1.82) is 0 Å². The Labute approximate surface area is 89.9 Å². The highest BCUT2D eigenvalue weighted by Crippen LogP contribution is 2.20. The fraction of sp³-hybridized carbons (Fsp3) is 1.00. The number of nitrogens with zero attached hydrogens (tertiary/aromatic N) is 1. The molecular formula is C13H27N. The smallest absolute Gasteiger partial charge is 0.00695 e. The van der Waals surface area contributed by atoms with Gasteiger partial charge in [-0.15, -0.1) is 0 Å². The van der Waals surface area contributed by atoms with Crippen LogP contribution in [0.2, 0.25) is 0 Å². The molecule has 1 heteroatoms. The maximum atomic E-state index is 2.70. The van der Waals surface area contributed by atoms with Gasteiger partial charge >= 0.3 is 0 Å². The van der Waals surface area contributed by atoms with Crippen molar-refractivity contribution in [3.8, 4) is 0 Å². The molecule has 1 fully saturated rings. The Balaban J connectivity index is 2.27. The third-order valence-electron chi connectivity index (χ3n) is 3.84. The van der Waals surface area contributed by atoms with Crippen LogP contribution in [0.4, 0.5) is 0 Å². The zero-order valence-electron chi connectivity index (χ0n) is 10.3. The van der Waals surface area contributed by atoms with Crippen molar-refractivity contribution in [2.24, 2.45) is 5.92 Å². The quantitative estimate of drug-likeness (QED) is 0.650. The highest BCUT2D eigenvalue weighted by molar-refractivity contribution is 4.73. The number of piperidine rings is 1. The molecule has 1 nitrogen and oxygen atoms in total. The van der Waals surface area contributed by atoms with Gasteiger partial charge in [0.1, 0.15) is 0 Å². The van der Waals surface area contributed by atoms with Crippen LogP contribution in [-0.2, 0) is 0 Å². The summed E-state index contributed by atoms with van der Waals surface area (Å²) < 4.78 is 0. The molecule has 1 rings (SSSR count). The molecule has 0 aromatic carbocycles. The van der Waals surface area contributed by atoms with E-state index in [2.05, 4.69) is 25.7 Å². The van der Waals surface area contributed by atoms with Gasteiger partial charge in [-0.05, 0) is 45.2 Å². The standard InChI is InChI=1S/C13H27N/c1-4-13(5-2)11-12(3)14-9-7-6-8-10-14/h12-13H,4-11H2,1-3H3. The summed E-state index contributed by atoms with van der Waals surface area (Å²) in [5, 5.41) is 0. The third kappa shape index (κ3) is 3.61. The van der Waals surface area contributed by atoms with Crippen LogP contribution in [0.25, 0.3) is 0 Å². The van der Waals surface area contributed by atoms with E-state index in [0.717, 1.165) is 12.0 Å². The van der Waals surface area contributed by atoms with Gasteiger partial charge in [-0.2, -0.15) is 0 Å². The van der Waals surface area contributed by atoms with E-state index in [4.69, 9.17) is 0 Å². The second kappa shape index (κ2) is 6.44. The molecule has 0 spiro atoms. The minimum Gasteiger partial charge on any atom is -0.301 e. The average Bonchev–Trinajstić information content (AvgIpc) is 2.26. The van der Waals surface area contributed by atoms with Gasteiger partial charge in [0.2, 0.25) is 0 Å². The lowest BCUT2D eigenvalue weighted by Crippen LogP contribution is -2.38. The molecule has 0 N–H and O–H groups in total. The molecule has 1 aliphatic heterocycles. The molecule has 0 aromatic rings. The Morgan fingerprint density at radius 3 is 2.07 bits per heavy atom. The van der Waals surface area contributed by atoms with E-state index >= 15 is 0 Å². The monoisotopic (exact) mass is 197 g/mol. The normalized spacial score (nSPS) is 21.4. The van der Waals surface area contributed by atoms with Crippen LogP contribution in [0.3, 0.4) is 0 Å². The molecule has 0 aliphatic carbocycles. The van der Waals surface area contributed by atoms with Crippen molar-refractivity contribution in [2.45, 2.75) is 65.3 Å². The van der Waals surface area contributed by atoms with E-state index < -0.39 is 0 Å². The van der Waals surface area contributed by atoms with Gasteiger partial charge in [0.25, 0.3) is 0 Å². The van der Waals surface area contributed by atoms with Crippen LogP contribution in [0.15, 0.2) is 0 Å². The van der Waals surface area contributed by atoms with Crippen LogP contribution in [0, 0.1) is 5.92 Å². The van der Waals surface area contributed by atoms with Gasteiger partial charge in [-0.3, -0.25) is 0 Å².